The fourth-order valence-corrected chi connectivity index (χ4v) is 2.27. The van der Waals surface area contributed by atoms with Gasteiger partial charge in [0.2, 0.25) is 0 Å². The Hall–Kier alpha value is -1.02. The summed E-state index contributed by atoms with van der Waals surface area (Å²) in [5.74, 6) is 1.68. The Morgan fingerprint density at radius 1 is 1.38 bits per heavy atom. The van der Waals surface area contributed by atoms with Crippen LogP contribution in [0.3, 0.4) is 0 Å². The van der Waals surface area contributed by atoms with Gasteiger partial charge in [0.05, 0.1) is 6.10 Å². The molecule has 1 N–H and O–H groups in total. The van der Waals surface area contributed by atoms with Crippen molar-refractivity contribution in [1.29, 1.82) is 0 Å². The summed E-state index contributed by atoms with van der Waals surface area (Å²) in [4.78, 5) is 0. The van der Waals surface area contributed by atoms with Gasteiger partial charge in [0, 0.05) is 12.5 Å². The second kappa shape index (κ2) is 4.88. The van der Waals surface area contributed by atoms with Crippen LogP contribution in [-0.4, -0.2) is 19.2 Å². The van der Waals surface area contributed by atoms with Crippen molar-refractivity contribution in [2.24, 2.45) is 0 Å². The van der Waals surface area contributed by atoms with Crippen molar-refractivity contribution >= 4 is 0 Å². The van der Waals surface area contributed by atoms with Gasteiger partial charge in [0.1, 0.15) is 5.75 Å². The van der Waals surface area contributed by atoms with Crippen LogP contribution in [0.4, 0.5) is 0 Å². The SMILES string of the molecule is Cc1ccc(OC(C)C)c(C2CCNC2)c1. The molecule has 1 aliphatic rings. The molecule has 0 bridgehead atoms. The lowest BCUT2D eigenvalue weighted by Crippen LogP contribution is -2.12. The first-order valence-corrected chi connectivity index (χ1v) is 6.14. The third kappa shape index (κ3) is 2.56. The van der Waals surface area contributed by atoms with Gasteiger partial charge >= 0.3 is 0 Å². The zero-order chi connectivity index (χ0) is 11.5. The summed E-state index contributed by atoms with van der Waals surface area (Å²) in [6, 6.07) is 6.52. The minimum absolute atomic E-state index is 0.246. The average molecular weight is 219 g/mol. The van der Waals surface area contributed by atoms with Crippen molar-refractivity contribution < 1.29 is 4.74 Å². The van der Waals surface area contributed by atoms with E-state index in [9.17, 15) is 0 Å². The van der Waals surface area contributed by atoms with Gasteiger partial charge in [-0.2, -0.15) is 0 Å². The number of hydrogen-bond acceptors (Lipinski definition) is 2. The monoisotopic (exact) mass is 219 g/mol. The van der Waals surface area contributed by atoms with Gasteiger partial charge in [-0.3, -0.25) is 0 Å². The molecule has 0 aromatic heterocycles. The third-order valence-corrected chi connectivity index (χ3v) is 3.03. The first kappa shape index (κ1) is 11.5. The zero-order valence-corrected chi connectivity index (χ0v) is 10.4. The molecule has 88 valence electrons. The van der Waals surface area contributed by atoms with E-state index in [4.69, 9.17) is 4.74 Å². The van der Waals surface area contributed by atoms with Gasteiger partial charge in [-0.1, -0.05) is 17.7 Å². The van der Waals surface area contributed by atoms with E-state index in [0.717, 1.165) is 18.8 Å². The van der Waals surface area contributed by atoms with Gasteiger partial charge in [0.15, 0.2) is 0 Å². The molecule has 1 aromatic rings. The van der Waals surface area contributed by atoms with E-state index in [1.165, 1.54) is 17.5 Å². The summed E-state index contributed by atoms with van der Waals surface area (Å²) in [6.45, 7) is 8.51. The molecule has 1 fully saturated rings. The Morgan fingerprint density at radius 2 is 2.19 bits per heavy atom. The Bertz CT molecular complexity index is 354. The Balaban J connectivity index is 2.28. The average Bonchev–Trinajstić information content (AvgIpc) is 2.73. The van der Waals surface area contributed by atoms with E-state index in [-0.39, 0.29) is 6.10 Å². The van der Waals surface area contributed by atoms with Crippen LogP contribution in [0.5, 0.6) is 5.75 Å². The molecule has 1 saturated heterocycles. The normalized spacial score (nSPS) is 20.4. The van der Waals surface area contributed by atoms with Crippen LogP contribution in [0.25, 0.3) is 0 Å². The van der Waals surface area contributed by atoms with Crippen LogP contribution in [-0.2, 0) is 0 Å². The third-order valence-electron chi connectivity index (χ3n) is 3.03. The van der Waals surface area contributed by atoms with E-state index in [0.29, 0.717) is 5.92 Å². The standard InChI is InChI=1S/C14H21NO/c1-10(2)16-14-5-4-11(3)8-13(14)12-6-7-15-9-12/h4-5,8,10,12,15H,6-7,9H2,1-3H3. The fraction of sp³-hybridized carbons (Fsp3) is 0.571. The van der Waals surface area contributed by atoms with Gasteiger partial charge < -0.3 is 10.1 Å². The van der Waals surface area contributed by atoms with Gasteiger partial charge in [-0.15, -0.1) is 0 Å². The minimum Gasteiger partial charge on any atom is -0.491 e. The molecule has 1 unspecified atom stereocenters. The number of ether oxygens (including phenoxy) is 1. The number of aryl methyl sites for hydroxylation is 1. The van der Waals surface area contributed by atoms with E-state index in [1.807, 2.05) is 0 Å². The number of benzene rings is 1. The van der Waals surface area contributed by atoms with Crippen LogP contribution in [0, 0.1) is 6.92 Å². The summed E-state index contributed by atoms with van der Waals surface area (Å²) in [5, 5.41) is 3.42. The molecular weight excluding hydrogens is 198 g/mol. The molecule has 1 aliphatic heterocycles. The molecule has 0 spiro atoms. The highest BCUT2D eigenvalue weighted by Gasteiger charge is 2.20. The molecule has 0 amide bonds. The van der Waals surface area contributed by atoms with Gasteiger partial charge in [-0.05, 0) is 45.4 Å². The molecular formula is C14H21NO. The smallest absolute Gasteiger partial charge is 0.123 e. The molecule has 1 aromatic carbocycles. The molecule has 1 atom stereocenters. The molecule has 0 saturated carbocycles. The second-order valence-electron chi connectivity index (χ2n) is 4.90. The fourth-order valence-electron chi connectivity index (χ4n) is 2.27. The summed E-state index contributed by atoms with van der Waals surface area (Å²) in [6.07, 6.45) is 1.47. The Morgan fingerprint density at radius 3 is 2.81 bits per heavy atom. The maximum atomic E-state index is 5.88. The van der Waals surface area contributed by atoms with E-state index < -0.39 is 0 Å². The lowest BCUT2D eigenvalue weighted by molar-refractivity contribution is 0.239. The van der Waals surface area contributed by atoms with Crippen molar-refractivity contribution in [3.05, 3.63) is 29.3 Å². The van der Waals surface area contributed by atoms with Crippen molar-refractivity contribution in [2.75, 3.05) is 13.1 Å². The van der Waals surface area contributed by atoms with E-state index in [1.54, 1.807) is 0 Å². The van der Waals surface area contributed by atoms with Gasteiger partial charge in [-0.25, -0.2) is 0 Å². The summed E-state index contributed by atoms with van der Waals surface area (Å²) >= 11 is 0. The first-order chi connectivity index (χ1) is 7.66. The first-order valence-electron chi connectivity index (χ1n) is 6.14. The molecule has 1 heterocycles. The predicted octanol–water partition coefficient (Wildman–Crippen LogP) is 2.86. The minimum atomic E-state index is 0.246. The lowest BCUT2D eigenvalue weighted by Gasteiger charge is -2.18. The maximum absolute atomic E-state index is 5.88. The quantitative estimate of drug-likeness (QED) is 0.844. The molecule has 0 aliphatic carbocycles. The number of rotatable bonds is 3. The highest BCUT2D eigenvalue weighted by molar-refractivity contribution is 5.40. The largest absolute Gasteiger partial charge is 0.491 e. The van der Waals surface area contributed by atoms with E-state index >= 15 is 0 Å². The summed E-state index contributed by atoms with van der Waals surface area (Å²) < 4.78 is 5.88. The van der Waals surface area contributed by atoms with Crippen molar-refractivity contribution in [3.8, 4) is 5.75 Å². The van der Waals surface area contributed by atoms with Crippen LogP contribution >= 0.6 is 0 Å². The van der Waals surface area contributed by atoms with Crippen LogP contribution < -0.4 is 10.1 Å². The highest BCUT2D eigenvalue weighted by atomic mass is 16.5. The topological polar surface area (TPSA) is 21.3 Å². The number of nitrogens with one attached hydrogen (secondary N) is 1. The van der Waals surface area contributed by atoms with Crippen molar-refractivity contribution in [2.45, 2.75) is 39.2 Å². The summed E-state index contributed by atoms with van der Waals surface area (Å²) in [5.41, 5.74) is 2.69. The molecule has 2 nitrogen and oxygen atoms in total. The lowest BCUT2D eigenvalue weighted by atomic mass is 9.96. The molecule has 2 heteroatoms. The van der Waals surface area contributed by atoms with Crippen molar-refractivity contribution in [3.63, 3.8) is 0 Å². The van der Waals surface area contributed by atoms with Crippen LogP contribution in [0.15, 0.2) is 18.2 Å². The molecule has 2 rings (SSSR count). The summed E-state index contributed by atoms with van der Waals surface area (Å²) in [7, 11) is 0. The Labute approximate surface area is 98.0 Å². The second-order valence-corrected chi connectivity index (χ2v) is 4.90. The van der Waals surface area contributed by atoms with Crippen molar-refractivity contribution in [1.82, 2.24) is 5.32 Å². The molecule has 16 heavy (non-hydrogen) atoms. The maximum Gasteiger partial charge on any atom is 0.123 e. The Kier molecular flexibility index (Phi) is 3.49. The molecule has 0 radical (unpaired) electrons. The zero-order valence-electron chi connectivity index (χ0n) is 10.4. The predicted molar refractivity (Wildman–Crippen MR) is 67.2 cm³/mol. The van der Waals surface area contributed by atoms with Crippen LogP contribution in [0.1, 0.15) is 37.3 Å². The highest BCUT2D eigenvalue weighted by Crippen LogP contribution is 2.32. The number of hydrogen-bond donors (Lipinski definition) is 1. The van der Waals surface area contributed by atoms with Crippen LogP contribution in [0.2, 0.25) is 0 Å². The van der Waals surface area contributed by atoms with Gasteiger partial charge in [0.25, 0.3) is 0 Å². The van der Waals surface area contributed by atoms with E-state index in [2.05, 4.69) is 44.3 Å².